The number of fused-ring (bicyclic) bond motifs is 1. The van der Waals surface area contributed by atoms with Crippen molar-refractivity contribution in [3.63, 3.8) is 0 Å². The van der Waals surface area contributed by atoms with Crippen molar-refractivity contribution >= 4 is 38.6 Å². The minimum absolute atomic E-state index is 0.0462. The zero-order valence-corrected chi connectivity index (χ0v) is 13.4. The average Bonchev–Trinajstić information content (AvgIpc) is 2.47. The van der Waals surface area contributed by atoms with E-state index in [1.807, 2.05) is 12.1 Å². The van der Waals surface area contributed by atoms with Crippen molar-refractivity contribution in [2.24, 2.45) is 0 Å². The zero-order valence-electron chi connectivity index (χ0n) is 11.8. The minimum Gasteiger partial charge on any atom is -0.356 e. The van der Waals surface area contributed by atoms with Crippen LogP contribution in [0.15, 0.2) is 29.0 Å². The summed E-state index contributed by atoms with van der Waals surface area (Å²) < 4.78 is 1.03. The molecule has 1 N–H and O–H groups in total. The van der Waals surface area contributed by atoms with Gasteiger partial charge in [-0.1, -0.05) is 15.9 Å². The fourth-order valence-electron chi connectivity index (χ4n) is 2.79. The van der Waals surface area contributed by atoms with Gasteiger partial charge in [0.2, 0.25) is 5.91 Å². The molecule has 1 aromatic heterocycles. The van der Waals surface area contributed by atoms with Crippen LogP contribution < -0.4 is 10.2 Å². The van der Waals surface area contributed by atoms with Crippen molar-refractivity contribution in [2.45, 2.75) is 25.8 Å². The van der Waals surface area contributed by atoms with Crippen LogP contribution in [0, 0.1) is 0 Å². The van der Waals surface area contributed by atoms with Crippen LogP contribution in [0.25, 0.3) is 10.9 Å². The molecule has 0 saturated carbocycles. The Balaban J connectivity index is 1.82. The molecule has 0 bridgehead atoms. The number of aromatic nitrogens is 2. The number of nitrogens with one attached hydrogen (secondary N) is 1. The van der Waals surface area contributed by atoms with Crippen molar-refractivity contribution < 1.29 is 4.79 Å². The summed E-state index contributed by atoms with van der Waals surface area (Å²) in [5.41, 5.74) is 0.951. The molecule has 2 heterocycles. The summed E-state index contributed by atoms with van der Waals surface area (Å²) >= 11 is 3.51. The van der Waals surface area contributed by atoms with Crippen molar-refractivity contribution in [3.8, 4) is 0 Å². The first-order chi connectivity index (χ1) is 10.1. The number of hydrogen-bond acceptors (Lipinski definition) is 4. The molecule has 21 heavy (non-hydrogen) atoms. The Hall–Kier alpha value is -1.69. The first kappa shape index (κ1) is 14.3. The van der Waals surface area contributed by atoms with Crippen LogP contribution in [0.4, 0.5) is 5.82 Å². The van der Waals surface area contributed by atoms with E-state index in [-0.39, 0.29) is 11.9 Å². The molecule has 2 aromatic rings. The van der Waals surface area contributed by atoms with Gasteiger partial charge in [-0.25, -0.2) is 9.97 Å². The van der Waals surface area contributed by atoms with Crippen molar-refractivity contribution in [3.05, 3.63) is 29.0 Å². The van der Waals surface area contributed by atoms with Gasteiger partial charge in [0, 0.05) is 35.9 Å². The summed E-state index contributed by atoms with van der Waals surface area (Å²) in [7, 11) is 0. The maximum absolute atomic E-state index is 11.1. The van der Waals surface area contributed by atoms with Crippen molar-refractivity contribution in [1.82, 2.24) is 15.3 Å². The van der Waals surface area contributed by atoms with Crippen LogP contribution in [0.1, 0.15) is 19.8 Å². The Bertz CT molecular complexity index is 668. The molecule has 1 fully saturated rings. The fraction of sp³-hybridized carbons (Fsp3) is 0.400. The second-order valence-corrected chi connectivity index (χ2v) is 6.24. The molecule has 5 nitrogen and oxygen atoms in total. The maximum Gasteiger partial charge on any atom is 0.217 e. The lowest BCUT2D eigenvalue weighted by Gasteiger charge is -2.33. The van der Waals surface area contributed by atoms with Gasteiger partial charge in [0.15, 0.2) is 0 Å². The van der Waals surface area contributed by atoms with E-state index in [9.17, 15) is 4.79 Å². The first-order valence-electron chi connectivity index (χ1n) is 7.06. The number of carbonyl (C=O) groups excluding carboxylic acids is 1. The summed E-state index contributed by atoms with van der Waals surface area (Å²) in [5.74, 6) is 1.02. The maximum atomic E-state index is 11.1. The molecule has 1 aliphatic rings. The Kier molecular flexibility index (Phi) is 4.05. The minimum atomic E-state index is 0.0462. The first-order valence-corrected chi connectivity index (χ1v) is 7.85. The molecule has 0 unspecified atom stereocenters. The molecule has 1 amide bonds. The number of amides is 1. The highest BCUT2D eigenvalue weighted by atomic mass is 79.9. The Morgan fingerprint density at radius 1 is 1.33 bits per heavy atom. The third-order valence-corrected chi connectivity index (χ3v) is 4.27. The summed E-state index contributed by atoms with van der Waals surface area (Å²) in [5, 5.41) is 4.05. The number of benzene rings is 1. The fourth-order valence-corrected chi connectivity index (χ4v) is 3.15. The SMILES string of the molecule is CC(=O)NC1CCN(c2ncnc3ccc(Br)cc23)CC1. The standard InChI is InChI=1S/C15H17BrN4O/c1-10(21)19-12-4-6-20(7-5-12)15-13-8-11(16)2-3-14(13)17-9-18-15/h2-3,8-9,12H,4-7H2,1H3,(H,19,21). The van der Waals surface area contributed by atoms with Crippen LogP contribution in [-0.4, -0.2) is 35.0 Å². The molecular weight excluding hydrogens is 332 g/mol. The van der Waals surface area contributed by atoms with Crippen molar-refractivity contribution in [1.29, 1.82) is 0 Å². The molecule has 0 radical (unpaired) electrons. The number of rotatable bonds is 2. The second-order valence-electron chi connectivity index (χ2n) is 5.32. The number of piperidine rings is 1. The molecule has 6 heteroatoms. The molecular formula is C15H17BrN4O. The van der Waals surface area contributed by atoms with Gasteiger partial charge in [0.05, 0.1) is 5.52 Å². The summed E-state index contributed by atoms with van der Waals surface area (Å²) in [4.78, 5) is 22.2. The van der Waals surface area contributed by atoms with Gasteiger partial charge in [-0.15, -0.1) is 0 Å². The molecule has 0 spiro atoms. The monoisotopic (exact) mass is 348 g/mol. The number of carbonyl (C=O) groups is 1. The molecule has 110 valence electrons. The van der Waals surface area contributed by atoms with Gasteiger partial charge in [0.1, 0.15) is 12.1 Å². The van der Waals surface area contributed by atoms with Gasteiger partial charge >= 0.3 is 0 Å². The van der Waals surface area contributed by atoms with Crippen LogP contribution in [-0.2, 0) is 4.79 Å². The van der Waals surface area contributed by atoms with E-state index < -0.39 is 0 Å². The molecule has 1 saturated heterocycles. The molecule has 1 aromatic carbocycles. The molecule has 1 aliphatic heterocycles. The number of anilines is 1. The quantitative estimate of drug-likeness (QED) is 0.905. The van der Waals surface area contributed by atoms with Gasteiger partial charge < -0.3 is 10.2 Å². The van der Waals surface area contributed by atoms with Gasteiger partial charge in [-0.2, -0.15) is 0 Å². The third kappa shape index (κ3) is 3.15. The van der Waals surface area contributed by atoms with Crippen molar-refractivity contribution in [2.75, 3.05) is 18.0 Å². The summed E-state index contributed by atoms with van der Waals surface area (Å²) in [6.07, 6.45) is 3.50. The average molecular weight is 349 g/mol. The third-order valence-electron chi connectivity index (χ3n) is 3.78. The Morgan fingerprint density at radius 3 is 2.81 bits per heavy atom. The Morgan fingerprint density at radius 2 is 2.10 bits per heavy atom. The lowest BCUT2D eigenvalue weighted by Crippen LogP contribution is -2.44. The van der Waals surface area contributed by atoms with Gasteiger partial charge in [-0.05, 0) is 31.0 Å². The largest absolute Gasteiger partial charge is 0.356 e. The van der Waals surface area contributed by atoms with E-state index in [0.717, 1.165) is 47.1 Å². The topological polar surface area (TPSA) is 58.1 Å². The van der Waals surface area contributed by atoms with Gasteiger partial charge in [0.25, 0.3) is 0 Å². The van der Waals surface area contributed by atoms with E-state index in [1.165, 1.54) is 0 Å². The van der Waals surface area contributed by atoms with E-state index >= 15 is 0 Å². The highest BCUT2D eigenvalue weighted by molar-refractivity contribution is 9.10. The number of nitrogens with zero attached hydrogens (tertiary/aromatic N) is 3. The smallest absolute Gasteiger partial charge is 0.217 e. The molecule has 0 aliphatic carbocycles. The van der Waals surface area contributed by atoms with Crippen LogP contribution >= 0.6 is 15.9 Å². The lowest BCUT2D eigenvalue weighted by atomic mass is 10.0. The summed E-state index contributed by atoms with van der Waals surface area (Å²) in [6, 6.07) is 6.32. The Labute approximate surface area is 131 Å². The lowest BCUT2D eigenvalue weighted by molar-refractivity contribution is -0.119. The van der Waals surface area contributed by atoms with Crippen LogP contribution in [0.5, 0.6) is 0 Å². The van der Waals surface area contributed by atoms with E-state index in [4.69, 9.17) is 0 Å². The number of hydrogen-bond donors (Lipinski definition) is 1. The highest BCUT2D eigenvalue weighted by Gasteiger charge is 2.22. The van der Waals surface area contributed by atoms with Crippen LogP contribution in [0.2, 0.25) is 0 Å². The van der Waals surface area contributed by atoms with E-state index in [1.54, 1.807) is 13.3 Å². The van der Waals surface area contributed by atoms with Gasteiger partial charge in [-0.3, -0.25) is 4.79 Å². The zero-order chi connectivity index (χ0) is 14.8. The molecule has 0 atom stereocenters. The second kappa shape index (κ2) is 5.97. The number of halogens is 1. The van der Waals surface area contributed by atoms with E-state index in [2.05, 4.69) is 42.2 Å². The summed E-state index contributed by atoms with van der Waals surface area (Å²) in [6.45, 7) is 3.36. The predicted molar refractivity (Wildman–Crippen MR) is 86.3 cm³/mol. The molecule has 3 rings (SSSR count). The van der Waals surface area contributed by atoms with E-state index in [0.29, 0.717) is 0 Å². The van der Waals surface area contributed by atoms with Crippen LogP contribution in [0.3, 0.4) is 0 Å². The highest BCUT2D eigenvalue weighted by Crippen LogP contribution is 2.28. The predicted octanol–water partition coefficient (Wildman–Crippen LogP) is 2.50. The normalized spacial score (nSPS) is 16.2.